The van der Waals surface area contributed by atoms with Crippen LogP contribution in [0.2, 0.25) is 5.02 Å². The minimum atomic E-state index is -1.06. The zero-order valence-corrected chi connectivity index (χ0v) is 9.38. The highest BCUT2D eigenvalue weighted by atomic mass is 35.5. The predicted molar refractivity (Wildman–Crippen MR) is 58.6 cm³/mol. The number of thioether (sulfide) groups is 1. The first-order valence-corrected chi connectivity index (χ1v) is 5.64. The van der Waals surface area contributed by atoms with E-state index in [1.807, 2.05) is 0 Å². The molecular formula is C9H10ClNO3S. The molecule has 1 rings (SSSR count). The van der Waals surface area contributed by atoms with Crippen LogP contribution in [0.1, 0.15) is 16.8 Å². The Hall–Kier alpha value is -0.780. The Morgan fingerprint density at radius 3 is 2.93 bits per heavy atom. The van der Waals surface area contributed by atoms with Crippen LogP contribution in [0.5, 0.6) is 0 Å². The van der Waals surface area contributed by atoms with Gasteiger partial charge in [-0.3, -0.25) is 0 Å². The fourth-order valence-electron chi connectivity index (χ4n) is 0.904. The molecule has 0 radical (unpaired) electrons. The summed E-state index contributed by atoms with van der Waals surface area (Å²) in [5.74, 6) is -0.365. The number of hydrogen-bond donors (Lipinski definition) is 2. The number of aromatic nitrogens is 1. The van der Waals surface area contributed by atoms with Gasteiger partial charge in [0.1, 0.15) is 0 Å². The molecule has 0 saturated heterocycles. The molecule has 0 spiro atoms. The van der Waals surface area contributed by atoms with Gasteiger partial charge >= 0.3 is 5.97 Å². The molecule has 0 aliphatic carbocycles. The van der Waals surface area contributed by atoms with Gasteiger partial charge in [0.2, 0.25) is 0 Å². The van der Waals surface area contributed by atoms with Crippen LogP contribution in [-0.4, -0.2) is 33.5 Å². The van der Waals surface area contributed by atoms with Crippen LogP contribution in [0.4, 0.5) is 0 Å². The van der Waals surface area contributed by atoms with Crippen molar-refractivity contribution < 1.29 is 15.0 Å². The normalized spacial score (nSPS) is 10.3. The first-order chi connectivity index (χ1) is 7.15. The Labute approximate surface area is 96.3 Å². The van der Waals surface area contributed by atoms with Crippen LogP contribution in [0.25, 0.3) is 0 Å². The zero-order chi connectivity index (χ0) is 11.3. The van der Waals surface area contributed by atoms with Crippen LogP contribution in [0.3, 0.4) is 0 Å². The van der Waals surface area contributed by atoms with E-state index in [4.69, 9.17) is 21.8 Å². The molecule has 0 aliphatic rings. The number of nitrogens with zero attached hydrogens (tertiary/aromatic N) is 1. The van der Waals surface area contributed by atoms with E-state index in [1.165, 1.54) is 24.0 Å². The lowest BCUT2D eigenvalue weighted by atomic mass is 10.3. The van der Waals surface area contributed by atoms with Crippen molar-refractivity contribution in [2.45, 2.75) is 11.4 Å². The summed E-state index contributed by atoms with van der Waals surface area (Å²) < 4.78 is 0. The van der Waals surface area contributed by atoms with Gasteiger partial charge in [0.25, 0.3) is 0 Å². The second kappa shape index (κ2) is 5.95. The molecule has 1 aromatic heterocycles. The van der Waals surface area contributed by atoms with E-state index >= 15 is 0 Å². The van der Waals surface area contributed by atoms with Gasteiger partial charge in [-0.25, -0.2) is 9.78 Å². The predicted octanol–water partition coefficient (Wildman–Crippen LogP) is 1.91. The van der Waals surface area contributed by atoms with Crippen molar-refractivity contribution in [2.75, 3.05) is 12.4 Å². The topological polar surface area (TPSA) is 70.4 Å². The largest absolute Gasteiger partial charge is 0.478 e. The van der Waals surface area contributed by atoms with Crippen molar-refractivity contribution in [3.8, 4) is 0 Å². The lowest BCUT2D eigenvalue weighted by Crippen LogP contribution is -1.99. The Kier molecular flexibility index (Phi) is 4.87. The summed E-state index contributed by atoms with van der Waals surface area (Å²) in [7, 11) is 0. The average Bonchev–Trinajstić information content (AvgIpc) is 2.20. The van der Waals surface area contributed by atoms with Gasteiger partial charge in [-0.2, -0.15) is 0 Å². The van der Waals surface area contributed by atoms with Gasteiger partial charge < -0.3 is 10.2 Å². The number of carboxylic acids is 1. The standard InChI is InChI=1S/C9H10ClNO3S/c10-7-5-11-8(15-3-1-2-12)4-6(7)9(13)14/h4-5,12H,1-3H2,(H,13,14). The molecule has 0 atom stereocenters. The Balaban J connectivity index is 2.74. The third-order valence-corrected chi connectivity index (χ3v) is 2.93. The molecule has 0 bridgehead atoms. The molecule has 6 heteroatoms. The Bertz CT molecular complexity index is 359. The van der Waals surface area contributed by atoms with E-state index in [1.54, 1.807) is 0 Å². The number of aliphatic hydroxyl groups is 1. The van der Waals surface area contributed by atoms with Gasteiger partial charge in [0.05, 0.1) is 15.6 Å². The number of carbonyl (C=O) groups is 1. The van der Waals surface area contributed by atoms with E-state index in [0.29, 0.717) is 17.2 Å². The molecule has 0 amide bonds. The third kappa shape index (κ3) is 3.70. The lowest BCUT2D eigenvalue weighted by molar-refractivity contribution is 0.0696. The van der Waals surface area contributed by atoms with Crippen LogP contribution < -0.4 is 0 Å². The van der Waals surface area contributed by atoms with Crippen LogP contribution in [0.15, 0.2) is 17.3 Å². The summed E-state index contributed by atoms with van der Waals surface area (Å²) in [4.78, 5) is 14.7. The van der Waals surface area contributed by atoms with E-state index < -0.39 is 5.97 Å². The fourth-order valence-corrected chi connectivity index (χ4v) is 1.90. The number of hydrogen-bond acceptors (Lipinski definition) is 4. The summed E-state index contributed by atoms with van der Waals surface area (Å²) in [6.45, 7) is 0.117. The number of pyridine rings is 1. The first kappa shape index (κ1) is 12.3. The van der Waals surface area contributed by atoms with Crippen LogP contribution in [0, 0.1) is 0 Å². The molecule has 15 heavy (non-hydrogen) atoms. The van der Waals surface area contributed by atoms with Crippen LogP contribution in [-0.2, 0) is 0 Å². The molecule has 0 saturated carbocycles. The summed E-state index contributed by atoms with van der Waals surface area (Å²) in [5.41, 5.74) is 0.0539. The van der Waals surface area contributed by atoms with E-state index in [0.717, 1.165) is 0 Å². The average molecular weight is 248 g/mol. The maximum Gasteiger partial charge on any atom is 0.337 e. The monoisotopic (exact) mass is 247 g/mol. The van der Waals surface area contributed by atoms with Gasteiger partial charge in [0.15, 0.2) is 0 Å². The van der Waals surface area contributed by atoms with Gasteiger partial charge in [-0.1, -0.05) is 11.6 Å². The lowest BCUT2D eigenvalue weighted by Gasteiger charge is -2.02. The smallest absolute Gasteiger partial charge is 0.337 e. The van der Waals surface area contributed by atoms with E-state index in [2.05, 4.69) is 4.98 Å². The highest BCUT2D eigenvalue weighted by Gasteiger charge is 2.10. The van der Waals surface area contributed by atoms with Crippen molar-refractivity contribution in [2.24, 2.45) is 0 Å². The SMILES string of the molecule is O=C(O)c1cc(SCCCO)ncc1Cl. The van der Waals surface area contributed by atoms with Crippen LogP contribution >= 0.6 is 23.4 Å². The number of aromatic carboxylic acids is 1. The quantitative estimate of drug-likeness (QED) is 0.614. The molecule has 2 N–H and O–H groups in total. The first-order valence-electron chi connectivity index (χ1n) is 4.27. The van der Waals surface area contributed by atoms with Crippen molar-refractivity contribution in [3.63, 3.8) is 0 Å². The molecule has 1 heterocycles. The molecule has 4 nitrogen and oxygen atoms in total. The minimum Gasteiger partial charge on any atom is -0.478 e. The number of carboxylic acid groups (broad SMARTS) is 1. The molecule has 0 aliphatic heterocycles. The maximum atomic E-state index is 10.7. The number of halogens is 1. The minimum absolute atomic E-state index is 0.0539. The highest BCUT2D eigenvalue weighted by molar-refractivity contribution is 7.99. The van der Waals surface area contributed by atoms with Crippen molar-refractivity contribution in [1.82, 2.24) is 4.98 Å². The van der Waals surface area contributed by atoms with Crippen molar-refractivity contribution in [1.29, 1.82) is 0 Å². The molecule has 0 unspecified atom stereocenters. The maximum absolute atomic E-state index is 10.7. The van der Waals surface area contributed by atoms with E-state index in [-0.39, 0.29) is 17.2 Å². The zero-order valence-electron chi connectivity index (χ0n) is 7.81. The van der Waals surface area contributed by atoms with E-state index in [9.17, 15) is 4.79 Å². The molecule has 0 fully saturated rings. The summed E-state index contributed by atoms with van der Waals surface area (Å²) in [6, 6.07) is 1.44. The van der Waals surface area contributed by atoms with Gasteiger partial charge in [-0.05, 0) is 12.5 Å². The second-order valence-electron chi connectivity index (χ2n) is 2.73. The summed E-state index contributed by atoms with van der Waals surface area (Å²) in [6.07, 6.45) is 1.98. The molecule has 82 valence electrons. The number of rotatable bonds is 5. The summed E-state index contributed by atoms with van der Waals surface area (Å²) >= 11 is 7.05. The molecular weight excluding hydrogens is 238 g/mol. The Morgan fingerprint density at radius 1 is 1.60 bits per heavy atom. The van der Waals surface area contributed by atoms with Gasteiger partial charge in [-0.15, -0.1) is 11.8 Å². The summed E-state index contributed by atoms with van der Waals surface area (Å²) in [5, 5.41) is 18.1. The number of aliphatic hydroxyl groups excluding tert-OH is 1. The molecule has 1 aromatic rings. The Morgan fingerprint density at radius 2 is 2.33 bits per heavy atom. The fraction of sp³-hybridized carbons (Fsp3) is 0.333. The second-order valence-corrected chi connectivity index (χ2v) is 4.26. The van der Waals surface area contributed by atoms with Crippen molar-refractivity contribution in [3.05, 3.63) is 22.8 Å². The van der Waals surface area contributed by atoms with Crippen molar-refractivity contribution >= 4 is 29.3 Å². The highest BCUT2D eigenvalue weighted by Crippen LogP contribution is 2.22. The molecule has 0 aromatic carbocycles. The third-order valence-electron chi connectivity index (χ3n) is 1.61. The van der Waals surface area contributed by atoms with Gasteiger partial charge in [0, 0.05) is 18.6 Å².